The molecule has 1 aliphatic heterocycles. The first-order chi connectivity index (χ1) is 8.11. The maximum absolute atomic E-state index is 11.3. The summed E-state index contributed by atoms with van der Waals surface area (Å²) in [7, 11) is 0. The summed E-state index contributed by atoms with van der Waals surface area (Å²) in [5.41, 5.74) is 0. The Morgan fingerprint density at radius 2 is 2.24 bits per heavy atom. The van der Waals surface area contributed by atoms with Gasteiger partial charge in [0.05, 0.1) is 0 Å². The largest absolute Gasteiger partial charge is 0.481 e. The summed E-state index contributed by atoms with van der Waals surface area (Å²) in [5.74, 6) is -0.399. The van der Waals surface area contributed by atoms with Crippen molar-refractivity contribution in [2.24, 2.45) is 5.92 Å². The Labute approximate surface area is 102 Å². The number of likely N-dealkylation sites (tertiary alicyclic amines) is 1. The second-order valence-electron chi connectivity index (χ2n) is 4.61. The highest BCUT2D eigenvalue weighted by Crippen LogP contribution is 2.19. The molecule has 0 spiro atoms. The van der Waals surface area contributed by atoms with E-state index in [9.17, 15) is 9.59 Å². The van der Waals surface area contributed by atoms with Crippen molar-refractivity contribution in [1.29, 1.82) is 0 Å². The Morgan fingerprint density at radius 1 is 1.47 bits per heavy atom. The summed E-state index contributed by atoms with van der Waals surface area (Å²) < 4.78 is 0. The van der Waals surface area contributed by atoms with Crippen molar-refractivity contribution in [3.05, 3.63) is 0 Å². The Hall–Kier alpha value is -1.10. The molecule has 1 rings (SSSR count). The van der Waals surface area contributed by atoms with Crippen LogP contribution < -0.4 is 5.32 Å². The van der Waals surface area contributed by atoms with E-state index in [0.717, 1.165) is 32.5 Å². The molecule has 0 aromatic carbocycles. The van der Waals surface area contributed by atoms with Crippen LogP contribution in [-0.4, -0.2) is 48.1 Å². The van der Waals surface area contributed by atoms with E-state index in [4.69, 9.17) is 5.11 Å². The summed E-state index contributed by atoms with van der Waals surface area (Å²) in [5, 5.41) is 11.5. The number of carboxylic acid groups (broad SMARTS) is 1. The van der Waals surface area contributed by atoms with Gasteiger partial charge in [-0.05, 0) is 32.2 Å². The number of carbonyl (C=O) groups is 2. The molecule has 1 unspecified atom stereocenters. The van der Waals surface area contributed by atoms with Gasteiger partial charge in [-0.15, -0.1) is 0 Å². The molecule has 98 valence electrons. The molecule has 0 aliphatic carbocycles. The number of carbonyl (C=O) groups excluding carboxylic acids is 1. The maximum atomic E-state index is 11.3. The summed E-state index contributed by atoms with van der Waals surface area (Å²) in [6.45, 7) is 5.10. The molecule has 17 heavy (non-hydrogen) atoms. The van der Waals surface area contributed by atoms with Gasteiger partial charge in [0, 0.05) is 32.5 Å². The highest BCUT2D eigenvalue weighted by molar-refractivity contribution is 5.75. The van der Waals surface area contributed by atoms with E-state index in [2.05, 4.69) is 10.2 Å². The van der Waals surface area contributed by atoms with Gasteiger partial charge in [0.15, 0.2) is 0 Å². The SMILES string of the molecule is CCNC(=O)CCN1CCCC(CC(=O)O)C1. The third-order valence-electron chi connectivity index (χ3n) is 3.10. The molecule has 1 heterocycles. The number of rotatable bonds is 6. The number of nitrogens with zero attached hydrogens (tertiary/aromatic N) is 1. The standard InChI is InChI=1S/C12H22N2O3/c1-2-13-11(15)5-7-14-6-3-4-10(9-14)8-12(16)17/h10H,2-9H2,1H3,(H,13,15)(H,16,17). The Morgan fingerprint density at radius 3 is 2.88 bits per heavy atom. The molecule has 0 radical (unpaired) electrons. The average Bonchev–Trinajstić information content (AvgIpc) is 2.26. The summed E-state index contributed by atoms with van der Waals surface area (Å²) >= 11 is 0. The van der Waals surface area contributed by atoms with Gasteiger partial charge in [0.2, 0.25) is 5.91 Å². The van der Waals surface area contributed by atoms with E-state index in [-0.39, 0.29) is 18.2 Å². The van der Waals surface area contributed by atoms with Gasteiger partial charge in [0.25, 0.3) is 0 Å². The molecule has 5 heteroatoms. The lowest BCUT2D eigenvalue weighted by molar-refractivity contribution is -0.138. The predicted molar refractivity (Wildman–Crippen MR) is 64.7 cm³/mol. The van der Waals surface area contributed by atoms with Crippen LogP contribution >= 0.6 is 0 Å². The van der Waals surface area contributed by atoms with Gasteiger partial charge < -0.3 is 15.3 Å². The zero-order valence-corrected chi connectivity index (χ0v) is 10.4. The minimum atomic E-state index is -0.722. The Kier molecular flexibility index (Phi) is 5.97. The lowest BCUT2D eigenvalue weighted by Gasteiger charge is -2.31. The lowest BCUT2D eigenvalue weighted by Crippen LogP contribution is -2.38. The first-order valence-corrected chi connectivity index (χ1v) is 6.32. The van der Waals surface area contributed by atoms with E-state index < -0.39 is 5.97 Å². The number of nitrogens with one attached hydrogen (secondary N) is 1. The first-order valence-electron chi connectivity index (χ1n) is 6.32. The van der Waals surface area contributed by atoms with Crippen molar-refractivity contribution in [3.63, 3.8) is 0 Å². The smallest absolute Gasteiger partial charge is 0.303 e. The third-order valence-corrected chi connectivity index (χ3v) is 3.10. The van der Waals surface area contributed by atoms with Crippen LogP contribution in [0.2, 0.25) is 0 Å². The minimum Gasteiger partial charge on any atom is -0.481 e. The van der Waals surface area contributed by atoms with Crippen molar-refractivity contribution in [2.75, 3.05) is 26.2 Å². The van der Waals surface area contributed by atoms with Crippen molar-refractivity contribution in [1.82, 2.24) is 10.2 Å². The number of hydrogen-bond donors (Lipinski definition) is 2. The maximum Gasteiger partial charge on any atom is 0.303 e. The lowest BCUT2D eigenvalue weighted by atomic mass is 9.95. The van der Waals surface area contributed by atoms with Gasteiger partial charge in [-0.1, -0.05) is 0 Å². The summed E-state index contributed by atoms with van der Waals surface area (Å²) in [6, 6.07) is 0. The van der Waals surface area contributed by atoms with Crippen LogP contribution in [0.15, 0.2) is 0 Å². The highest BCUT2D eigenvalue weighted by atomic mass is 16.4. The van der Waals surface area contributed by atoms with Gasteiger partial charge >= 0.3 is 5.97 Å². The van der Waals surface area contributed by atoms with Crippen LogP contribution in [0.25, 0.3) is 0 Å². The fraction of sp³-hybridized carbons (Fsp3) is 0.833. The first kappa shape index (κ1) is 14.0. The van der Waals surface area contributed by atoms with Gasteiger partial charge in [-0.2, -0.15) is 0 Å². The summed E-state index contributed by atoms with van der Waals surface area (Å²) in [4.78, 5) is 24.2. The summed E-state index contributed by atoms with van der Waals surface area (Å²) in [6.07, 6.45) is 2.78. The zero-order chi connectivity index (χ0) is 12.7. The molecule has 1 aliphatic rings. The molecular formula is C12H22N2O3. The van der Waals surface area contributed by atoms with Crippen LogP contribution in [0, 0.1) is 5.92 Å². The average molecular weight is 242 g/mol. The van der Waals surface area contributed by atoms with E-state index in [1.807, 2.05) is 6.92 Å². The normalized spacial score (nSPS) is 21.1. The highest BCUT2D eigenvalue weighted by Gasteiger charge is 2.22. The fourth-order valence-electron chi connectivity index (χ4n) is 2.31. The van der Waals surface area contributed by atoms with Crippen LogP contribution in [0.4, 0.5) is 0 Å². The van der Waals surface area contributed by atoms with Crippen molar-refractivity contribution >= 4 is 11.9 Å². The van der Waals surface area contributed by atoms with Gasteiger partial charge in [0.1, 0.15) is 0 Å². The second-order valence-corrected chi connectivity index (χ2v) is 4.61. The third kappa shape index (κ3) is 5.68. The molecule has 0 saturated carbocycles. The molecule has 0 bridgehead atoms. The Bertz CT molecular complexity index is 268. The number of carboxylic acids is 1. The number of amides is 1. The Balaban J connectivity index is 2.24. The molecule has 1 amide bonds. The van der Waals surface area contributed by atoms with Crippen LogP contribution in [0.3, 0.4) is 0 Å². The molecule has 1 saturated heterocycles. The molecule has 5 nitrogen and oxygen atoms in total. The van der Waals surface area contributed by atoms with E-state index in [1.54, 1.807) is 0 Å². The van der Waals surface area contributed by atoms with Gasteiger partial charge in [-0.25, -0.2) is 0 Å². The molecule has 1 fully saturated rings. The predicted octanol–water partition coefficient (Wildman–Crippen LogP) is 0.699. The number of hydrogen-bond acceptors (Lipinski definition) is 3. The molecule has 1 atom stereocenters. The van der Waals surface area contributed by atoms with E-state index in [0.29, 0.717) is 13.0 Å². The van der Waals surface area contributed by atoms with Crippen LogP contribution in [-0.2, 0) is 9.59 Å². The van der Waals surface area contributed by atoms with Crippen molar-refractivity contribution in [2.45, 2.75) is 32.6 Å². The molecule has 2 N–H and O–H groups in total. The van der Waals surface area contributed by atoms with Crippen LogP contribution in [0.1, 0.15) is 32.6 Å². The van der Waals surface area contributed by atoms with E-state index in [1.165, 1.54) is 0 Å². The number of aliphatic carboxylic acids is 1. The monoisotopic (exact) mass is 242 g/mol. The molecule has 0 aromatic heterocycles. The van der Waals surface area contributed by atoms with Crippen LogP contribution in [0.5, 0.6) is 0 Å². The van der Waals surface area contributed by atoms with Crippen molar-refractivity contribution < 1.29 is 14.7 Å². The zero-order valence-electron chi connectivity index (χ0n) is 10.4. The van der Waals surface area contributed by atoms with E-state index >= 15 is 0 Å². The minimum absolute atomic E-state index is 0.0767. The fourth-order valence-corrected chi connectivity index (χ4v) is 2.31. The molecular weight excluding hydrogens is 220 g/mol. The molecule has 0 aromatic rings. The topological polar surface area (TPSA) is 69.6 Å². The second kappa shape index (κ2) is 7.27. The number of piperidine rings is 1. The van der Waals surface area contributed by atoms with Gasteiger partial charge in [-0.3, -0.25) is 9.59 Å². The van der Waals surface area contributed by atoms with Crippen molar-refractivity contribution in [3.8, 4) is 0 Å². The quantitative estimate of drug-likeness (QED) is 0.719.